The Balaban J connectivity index is 0.000000252. The van der Waals surface area contributed by atoms with E-state index >= 15 is 0 Å². The first-order valence-corrected chi connectivity index (χ1v) is 20.8. The number of aromatic nitrogens is 2. The third kappa shape index (κ3) is 13.2. The third-order valence-corrected chi connectivity index (χ3v) is 10.5. The van der Waals surface area contributed by atoms with Gasteiger partial charge in [0.25, 0.3) is 11.8 Å². The van der Waals surface area contributed by atoms with Gasteiger partial charge in [0.15, 0.2) is 5.69 Å². The molecular weight excluding hydrogens is 859 g/mol. The summed E-state index contributed by atoms with van der Waals surface area (Å²) in [6, 6.07) is 19.4. The average molecular weight is 906 g/mol. The van der Waals surface area contributed by atoms with Gasteiger partial charge in [-0.05, 0) is 87.1 Å². The van der Waals surface area contributed by atoms with E-state index in [0.29, 0.717) is 68.9 Å². The fraction of sp³-hybridized carbons (Fsp3) is 0.304. The molecule has 0 radical (unpaired) electrons. The van der Waals surface area contributed by atoms with E-state index in [9.17, 15) is 19.8 Å². The van der Waals surface area contributed by atoms with Crippen LogP contribution < -0.4 is 21.5 Å². The smallest absolute Gasteiger partial charge is 0.269 e. The summed E-state index contributed by atoms with van der Waals surface area (Å²) in [5.74, 6) is -0.729. The number of aliphatic hydroxyl groups is 2. The van der Waals surface area contributed by atoms with Crippen LogP contribution in [0, 0.1) is 31.0 Å². The van der Waals surface area contributed by atoms with Crippen LogP contribution in [-0.4, -0.2) is 63.7 Å². The monoisotopic (exact) mass is 904 g/mol. The number of nitrogens with one attached hydrogen (secondary N) is 4. The molecule has 4 aromatic carbocycles. The van der Waals surface area contributed by atoms with E-state index in [4.69, 9.17) is 57.3 Å². The molecule has 0 aliphatic carbocycles. The number of nitrogens with zero attached hydrogens (tertiary/aromatic N) is 6. The van der Waals surface area contributed by atoms with Crippen LogP contribution in [0.25, 0.3) is 26.0 Å². The summed E-state index contributed by atoms with van der Waals surface area (Å²) in [5.41, 5.74) is 9.71. The molecule has 6 N–H and O–H groups in total. The minimum Gasteiger partial charge on any atom is -0.418 e. The van der Waals surface area contributed by atoms with E-state index in [-0.39, 0.29) is 16.5 Å². The average Bonchev–Trinajstić information content (AvgIpc) is 4.06. The van der Waals surface area contributed by atoms with Crippen LogP contribution in [-0.2, 0) is 22.4 Å². The van der Waals surface area contributed by atoms with Crippen molar-refractivity contribution in [2.45, 2.75) is 77.7 Å². The summed E-state index contributed by atoms with van der Waals surface area (Å²) < 4.78 is 10.7. The first kappa shape index (κ1) is 49.6. The first-order chi connectivity index (χ1) is 30.8. The van der Waals surface area contributed by atoms with Gasteiger partial charge in [-0.25, -0.2) is 14.5 Å². The maximum atomic E-state index is 12.6. The van der Waals surface area contributed by atoms with Gasteiger partial charge in [-0.15, -0.1) is 10.2 Å². The van der Waals surface area contributed by atoms with Crippen molar-refractivity contribution in [1.82, 2.24) is 21.0 Å². The van der Waals surface area contributed by atoms with Gasteiger partial charge in [0.1, 0.15) is 12.1 Å². The molecule has 1 aromatic heterocycles. The van der Waals surface area contributed by atoms with Crippen LogP contribution >= 0.6 is 23.2 Å². The lowest BCUT2D eigenvalue weighted by atomic mass is 10.1. The normalized spacial score (nSPS) is 13.2. The number of benzene rings is 4. The van der Waals surface area contributed by atoms with Crippen molar-refractivity contribution in [3.63, 3.8) is 0 Å². The number of carbonyl (C=O) groups is 2. The maximum Gasteiger partial charge on any atom is 0.269 e. The molecule has 330 valence electrons. The van der Waals surface area contributed by atoms with Crippen molar-refractivity contribution in [1.29, 1.82) is 5.26 Å². The zero-order chi connectivity index (χ0) is 46.8. The van der Waals surface area contributed by atoms with Crippen molar-refractivity contribution >= 4 is 63.5 Å². The highest BCUT2D eigenvalue weighted by molar-refractivity contribution is 6.35. The van der Waals surface area contributed by atoms with Gasteiger partial charge < -0.3 is 30.0 Å². The van der Waals surface area contributed by atoms with Crippen LogP contribution in [0.1, 0.15) is 79.5 Å². The Morgan fingerprint density at radius 1 is 0.781 bits per heavy atom. The molecular formula is C46H46Cl2N10O6. The molecule has 1 fully saturated rings. The molecule has 1 saturated heterocycles. The highest BCUT2D eigenvalue weighted by atomic mass is 35.5. The fourth-order valence-electron chi connectivity index (χ4n) is 6.11. The molecule has 2 amide bonds. The molecule has 1 aliphatic rings. The Bertz CT molecular complexity index is 2540. The number of hydrazine groups is 1. The Labute approximate surface area is 381 Å². The number of hydrogen-bond acceptors (Lipinski definition) is 11. The molecule has 0 spiro atoms. The quantitative estimate of drug-likeness (QED) is 0.0514. The van der Waals surface area contributed by atoms with E-state index in [2.05, 4.69) is 46.2 Å². The summed E-state index contributed by atoms with van der Waals surface area (Å²) in [6.45, 7) is 30.2. The molecule has 4 atom stereocenters. The lowest BCUT2D eigenvalue weighted by Gasteiger charge is -2.24. The first-order valence-electron chi connectivity index (χ1n) is 20.1. The second-order valence-electron chi connectivity index (χ2n) is 14.1. The van der Waals surface area contributed by atoms with Crippen molar-refractivity contribution in [2.24, 2.45) is 0 Å². The van der Waals surface area contributed by atoms with Crippen LogP contribution in [0.3, 0.4) is 0 Å². The number of amides is 2. The van der Waals surface area contributed by atoms with Crippen LogP contribution in [0.5, 0.6) is 0 Å². The number of ether oxygens (including phenoxy) is 1. The lowest BCUT2D eigenvalue weighted by molar-refractivity contribution is -0.124. The molecule has 6 rings (SSSR count). The van der Waals surface area contributed by atoms with Gasteiger partial charge in [-0.1, -0.05) is 73.4 Å². The van der Waals surface area contributed by atoms with E-state index in [1.807, 2.05) is 19.9 Å². The second kappa shape index (κ2) is 24.6. The van der Waals surface area contributed by atoms with Gasteiger partial charge >= 0.3 is 0 Å². The molecule has 0 unspecified atom stereocenters. The van der Waals surface area contributed by atoms with Crippen molar-refractivity contribution in [3.05, 3.63) is 145 Å². The van der Waals surface area contributed by atoms with Gasteiger partial charge in [0.05, 0.1) is 53.6 Å². The van der Waals surface area contributed by atoms with Gasteiger partial charge in [0.2, 0.25) is 23.2 Å². The number of anilines is 2. The standard InChI is InChI=1S/C21H20ClN5O3.C21H18ClN5O2.C4H8O/c1-4-15-16(9-10-17(24-3)18(15)22)25-19(12(2)28)21(30)27-26-20(29)14-7-5-13(11-23)6-8-14;1-5-15-16(10-11-17(24-4)18(15)22)25-19(12(2)28)21-27-26-20(29-21)13-6-8-14(23-3)9-7-13;1-2-4-5-3-1/h5-10,12,19,25,28H,4H2,1-2H3,(H,26,29)(H,27,30);6-12,19,25,28H,5H2,1-2H3;1-4H2/t2*12-,19+;/m00./s1. The molecule has 0 saturated carbocycles. The van der Waals surface area contributed by atoms with Crippen LogP contribution in [0.2, 0.25) is 10.0 Å². The fourth-order valence-corrected chi connectivity index (χ4v) is 6.79. The lowest BCUT2D eigenvalue weighted by Crippen LogP contribution is -2.52. The van der Waals surface area contributed by atoms with E-state index < -0.39 is 36.1 Å². The zero-order valence-corrected chi connectivity index (χ0v) is 37.0. The van der Waals surface area contributed by atoms with E-state index in [0.717, 1.165) is 18.8 Å². The summed E-state index contributed by atoms with van der Waals surface area (Å²) in [5, 5.41) is 44.1. The molecule has 0 bridgehead atoms. The zero-order valence-electron chi connectivity index (χ0n) is 35.4. The number of aliphatic hydroxyl groups excluding tert-OH is 2. The van der Waals surface area contributed by atoms with Crippen LogP contribution in [0.4, 0.5) is 28.4 Å². The molecule has 1 aliphatic heterocycles. The van der Waals surface area contributed by atoms with Gasteiger partial charge in [-0.2, -0.15) is 5.26 Å². The predicted molar refractivity (Wildman–Crippen MR) is 244 cm³/mol. The van der Waals surface area contributed by atoms with Crippen molar-refractivity contribution < 1.29 is 29.0 Å². The second-order valence-corrected chi connectivity index (χ2v) is 14.8. The van der Waals surface area contributed by atoms with Crippen LogP contribution in [0.15, 0.2) is 77.2 Å². The summed E-state index contributed by atoms with van der Waals surface area (Å²) in [4.78, 5) is 34.9. The van der Waals surface area contributed by atoms with E-state index in [1.165, 1.54) is 50.1 Å². The highest BCUT2D eigenvalue weighted by Gasteiger charge is 2.27. The van der Waals surface area contributed by atoms with Crippen molar-refractivity contribution in [3.8, 4) is 17.5 Å². The predicted octanol–water partition coefficient (Wildman–Crippen LogP) is 9.33. The molecule has 18 heteroatoms. The molecule has 16 nitrogen and oxygen atoms in total. The van der Waals surface area contributed by atoms with Gasteiger partial charge in [0, 0.05) is 35.7 Å². The summed E-state index contributed by atoms with van der Waals surface area (Å²) in [7, 11) is 0. The molecule has 64 heavy (non-hydrogen) atoms. The number of hydrogen-bond donors (Lipinski definition) is 6. The Morgan fingerprint density at radius 3 is 1.80 bits per heavy atom. The molecule has 2 heterocycles. The minimum absolute atomic E-state index is 0.219. The van der Waals surface area contributed by atoms with E-state index in [1.54, 1.807) is 49.4 Å². The SMILES string of the molecule is C1CCOC1.[C-]#[N+]c1ccc(-c2nnc([C@H](Nc3ccc([N+]#[C-])c(Cl)c3CC)[C@H](C)O)o2)cc1.[C-]#[N+]c1ccc(N[C@@H](C(=O)NNC(=O)c2ccc(C#N)cc2)[C@H](C)O)c(CC)c1Cl. The maximum absolute atomic E-state index is 12.6. The van der Waals surface area contributed by atoms with Crippen molar-refractivity contribution in [2.75, 3.05) is 23.8 Å². The molecule has 5 aromatic rings. The van der Waals surface area contributed by atoms with Gasteiger partial charge in [-0.3, -0.25) is 20.4 Å². The number of halogens is 2. The Kier molecular flexibility index (Phi) is 19.1. The minimum atomic E-state index is -1.10. The third-order valence-electron chi connectivity index (χ3n) is 9.62. The topological polar surface area (TPSA) is 208 Å². The Morgan fingerprint density at radius 2 is 1.34 bits per heavy atom. The highest BCUT2D eigenvalue weighted by Crippen LogP contribution is 2.37. The number of rotatable bonds is 12. The summed E-state index contributed by atoms with van der Waals surface area (Å²) >= 11 is 12.6. The largest absolute Gasteiger partial charge is 0.418 e. The number of carbonyl (C=O) groups excluding carboxylic acids is 2. The summed E-state index contributed by atoms with van der Waals surface area (Å²) in [6.07, 6.45) is 1.74. The number of nitriles is 1. The Hall–Kier alpha value is -7.02.